The first-order valence-electron chi connectivity index (χ1n) is 5.40. The van der Waals surface area contributed by atoms with Gasteiger partial charge in [0.2, 0.25) is 0 Å². The molecule has 2 unspecified atom stereocenters. The summed E-state index contributed by atoms with van der Waals surface area (Å²) >= 11 is 0. The van der Waals surface area contributed by atoms with Crippen LogP contribution in [0, 0.1) is 17.2 Å². The second kappa shape index (κ2) is 4.77. The predicted molar refractivity (Wildman–Crippen MR) is 55.8 cm³/mol. The van der Waals surface area contributed by atoms with Gasteiger partial charge in [-0.1, -0.05) is 6.92 Å². The molecule has 1 saturated carbocycles. The van der Waals surface area contributed by atoms with Crippen LogP contribution in [0.1, 0.15) is 33.1 Å². The van der Waals surface area contributed by atoms with Crippen LogP contribution in [0.3, 0.4) is 0 Å². The monoisotopic (exact) mass is 196 g/mol. The molecule has 0 amide bonds. The van der Waals surface area contributed by atoms with Gasteiger partial charge in [0.05, 0.1) is 18.8 Å². The highest BCUT2D eigenvalue weighted by Crippen LogP contribution is 2.39. The Labute approximate surface area is 86.4 Å². The van der Waals surface area contributed by atoms with E-state index in [4.69, 9.17) is 4.74 Å². The second-order valence-electron chi connectivity index (χ2n) is 4.14. The van der Waals surface area contributed by atoms with Crippen LogP contribution in [0.2, 0.25) is 0 Å². The number of hydrogen-bond acceptors (Lipinski definition) is 3. The van der Waals surface area contributed by atoms with Crippen molar-refractivity contribution in [1.29, 1.82) is 5.26 Å². The topological polar surface area (TPSA) is 45.0 Å². The summed E-state index contributed by atoms with van der Waals surface area (Å²) in [4.78, 5) is 0. The van der Waals surface area contributed by atoms with Gasteiger partial charge in [-0.2, -0.15) is 5.26 Å². The van der Waals surface area contributed by atoms with Crippen molar-refractivity contribution in [2.75, 3.05) is 13.7 Å². The Bertz CT molecular complexity index is 220. The molecule has 1 fully saturated rings. The van der Waals surface area contributed by atoms with Gasteiger partial charge in [0.15, 0.2) is 0 Å². The van der Waals surface area contributed by atoms with Crippen LogP contribution in [-0.2, 0) is 4.74 Å². The molecule has 1 N–H and O–H groups in total. The molecule has 0 aromatic carbocycles. The van der Waals surface area contributed by atoms with Crippen molar-refractivity contribution in [3.63, 3.8) is 0 Å². The Hall–Kier alpha value is -0.590. The van der Waals surface area contributed by atoms with Gasteiger partial charge in [0.1, 0.15) is 5.54 Å². The summed E-state index contributed by atoms with van der Waals surface area (Å²) in [5.74, 6) is 0.488. The van der Waals surface area contributed by atoms with E-state index >= 15 is 0 Å². The van der Waals surface area contributed by atoms with E-state index in [-0.39, 0.29) is 6.10 Å². The number of hydrogen-bond donors (Lipinski definition) is 1. The lowest BCUT2D eigenvalue weighted by Crippen LogP contribution is -2.48. The van der Waals surface area contributed by atoms with Crippen LogP contribution in [0.25, 0.3) is 0 Å². The van der Waals surface area contributed by atoms with Crippen LogP contribution in [0.15, 0.2) is 0 Å². The second-order valence-corrected chi connectivity index (χ2v) is 4.14. The van der Waals surface area contributed by atoms with Crippen molar-refractivity contribution in [1.82, 2.24) is 5.32 Å². The summed E-state index contributed by atoms with van der Waals surface area (Å²) in [6, 6.07) is 2.37. The molecule has 1 aliphatic rings. The molecule has 0 aliphatic heterocycles. The lowest BCUT2D eigenvalue weighted by molar-refractivity contribution is 0.0280. The van der Waals surface area contributed by atoms with E-state index in [0.717, 1.165) is 19.3 Å². The number of nitriles is 1. The van der Waals surface area contributed by atoms with Crippen molar-refractivity contribution in [3.8, 4) is 6.07 Å². The maximum Gasteiger partial charge on any atom is 0.132 e. The standard InChI is InChI=1S/C11H20N2O/c1-4-9(2)14-8-11(7-12,13-3)10-5-6-10/h9-10,13H,4-6,8H2,1-3H3. The van der Waals surface area contributed by atoms with Gasteiger partial charge in [-0.25, -0.2) is 0 Å². The lowest BCUT2D eigenvalue weighted by Gasteiger charge is -2.27. The van der Waals surface area contributed by atoms with Crippen molar-refractivity contribution in [3.05, 3.63) is 0 Å². The SMILES string of the molecule is CCC(C)OCC(C#N)(NC)C1CC1. The molecule has 14 heavy (non-hydrogen) atoms. The molecule has 0 aromatic heterocycles. The third-order valence-corrected chi connectivity index (χ3v) is 3.09. The summed E-state index contributed by atoms with van der Waals surface area (Å²) in [5, 5.41) is 12.3. The molecule has 80 valence electrons. The maximum atomic E-state index is 9.18. The van der Waals surface area contributed by atoms with E-state index in [2.05, 4.69) is 18.3 Å². The Balaban J connectivity index is 2.47. The van der Waals surface area contributed by atoms with E-state index in [1.54, 1.807) is 0 Å². The van der Waals surface area contributed by atoms with Gasteiger partial charge in [-0.15, -0.1) is 0 Å². The minimum atomic E-state index is -0.441. The number of nitrogens with one attached hydrogen (secondary N) is 1. The normalized spacial score (nSPS) is 22.4. The fourth-order valence-electron chi connectivity index (χ4n) is 1.54. The molecule has 3 nitrogen and oxygen atoms in total. The summed E-state index contributed by atoms with van der Waals surface area (Å²) < 4.78 is 5.65. The van der Waals surface area contributed by atoms with Crippen molar-refractivity contribution in [2.24, 2.45) is 5.92 Å². The number of rotatable bonds is 6. The first kappa shape index (κ1) is 11.5. The van der Waals surface area contributed by atoms with Gasteiger partial charge < -0.3 is 10.1 Å². The fraction of sp³-hybridized carbons (Fsp3) is 0.909. The van der Waals surface area contributed by atoms with Crippen molar-refractivity contribution >= 4 is 0 Å². The van der Waals surface area contributed by atoms with Crippen LogP contribution in [0.4, 0.5) is 0 Å². The zero-order chi connectivity index (χ0) is 10.6. The minimum absolute atomic E-state index is 0.245. The molecular weight excluding hydrogens is 176 g/mol. The van der Waals surface area contributed by atoms with Crippen LogP contribution < -0.4 is 5.32 Å². The third-order valence-electron chi connectivity index (χ3n) is 3.09. The first-order chi connectivity index (χ1) is 6.68. The fourth-order valence-corrected chi connectivity index (χ4v) is 1.54. The molecule has 0 saturated heterocycles. The van der Waals surface area contributed by atoms with Crippen LogP contribution in [-0.4, -0.2) is 25.3 Å². The van der Waals surface area contributed by atoms with E-state index in [0.29, 0.717) is 12.5 Å². The quantitative estimate of drug-likeness (QED) is 0.703. The summed E-state index contributed by atoms with van der Waals surface area (Å²) in [5.41, 5.74) is -0.441. The van der Waals surface area contributed by atoms with Crippen LogP contribution >= 0.6 is 0 Å². The average molecular weight is 196 g/mol. The number of nitrogens with zero attached hydrogens (tertiary/aromatic N) is 1. The van der Waals surface area contributed by atoms with Crippen molar-refractivity contribution in [2.45, 2.75) is 44.8 Å². The highest BCUT2D eigenvalue weighted by atomic mass is 16.5. The van der Waals surface area contributed by atoms with Gasteiger partial charge in [0, 0.05) is 0 Å². The molecule has 3 heteroatoms. The zero-order valence-corrected chi connectivity index (χ0v) is 9.34. The van der Waals surface area contributed by atoms with E-state index < -0.39 is 5.54 Å². The summed E-state index contributed by atoms with van der Waals surface area (Å²) in [6.07, 6.45) is 3.54. The molecule has 1 rings (SSSR count). The van der Waals surface area contributed by atoms with Gasteiger partial charge in [-0.3, -0.25) is 0 Å². The maximum absolute atomic E-state index is 9.18. The molecular formula is C11H20N2O. The Morgan fingerprint density at radius 1 is 1.64 bits per heavy atom. The molecule has 0 bridgehead atoms. The highest BCUT2D eigenvalue weighted by molar-refractivity contribution is 5.14. The summed E-state index contributed by atoms with van der Waals surface area (Å²) in [7, 11) is 1.85. The molecule has 2 atom stereocenters. The largest absolute Gasteiger partial charge is 0.375 e. The third kappa shape index (κ3) is 2.46. The highest BCUT2D eigenvalue weighted by Gasteiger charge is 2.45. The number of ether oxygens (including phenoxy) is 1. The smallest absolute Gasteiger partial charge is 0.132 e. The van der Waals surface area contributed by atoms with Crippen LogP contribution in [0.5, 0.6) is 0 Å². The molecule has 0 radical (unpaired) electrons. The minimum Gasteiger partial charge on any atom is -0.375 e. The van der Waals surface area contributed by atoms with E-state index in [9.17, 15) is 5.26 Å². The van der Waals surface area contributed by atoms with Crippen molar-refractivity contribution < 1.29 is 4.74 Å². The Morgan fingerprint density at radius 3 is 2.64 bits per heavy atom. The molecule has 0 spiro atoms. The lowest BCUT2D eigenvalue weighted by atomic mass is 9.96. The zero-order valence-electron chi connectivity index (χ0n) is 9.34. The Kier molecular flexibility index (Phi) is 3.91. The van der Waals surface area contributed by atoms with E-state index in [1.807, 2.05) is 14.0 Å². The number of likely N-dealkylation sites (N-methyl/N-ethyl adjacent to an activating group) is 1. The first-order valence-corrected chi connectivity index (χ1v) is 5.40. The molecule has 0 aromatic rings. The predicted octanol–water partition coefficient (Wildman–Crippen LogP) is 1.69. The molecule has 0 heterocycles. The average Bonchev–Trinajstić information content (AvgIpc) is 3.04. The van der Waals surface area contributed by atoms with Gasteiger partial charge in [-0.05, 0) is 39.2 Å². The van der Waals surface area contributed by atoms with Gasteiger partial charge in [0.25, 0.3) is 0 Å². The van der Waals surface area contributed by atoms with Gasteiger partial charge >= 0.3 is 0 Å². The molecule has 1 aliphatic carbocycles. The van der Waals surface area contributed by atoms with E-state index in [1.165, 1.54) is 0 Å². The Morgan fingerprint density at radius 2 is 2.29 bits per heavy atom. The summed E-state index contributed by atoms with van der Waals surface area (Å²) in [6.45, 7) is 4.65.